The van der Waals surface area contributed by atoms with E-state index in [1.807, 2.05) is 0 Å². The molecule has 0 aliphatic heterocycles. The number of aliphatic carboxylic acids is 1. The van der Waals surface area contributed by atoms with Gasteiger partial charge in [0.1, 0.15) is 0 Å². The van der Waals surface area contributed by atoms with Gasteiger partial charge < -0.3 is 5.11 Å². The summed E-state index contributed by atoms with van der Waals surface area (Å²) in [6.45, 7) is 11.8. The van der Waals surface area contributed by atoms with Gasteiger partial charge in [0.2, 0.25) is 0 Å². The third-order valence-electron chi connectivity index (χ3n) is 1.54. The van der Waals surface area contributed by atoms with Crippen LogP contribution in [0, 0.1) is 0 Å². The van der Waals surface area contributed by atoms with Crippen molar-refractivity contribution in [1.29, 1.82) is 0 Å². The average Bonchev–Trinajstić information content (AvgIpc) is 1.89. The largest absolute Gasteiger partial charge is 0.481 e. The van der Waals surface area contributed by atoms with Gasteiger partial charge in [-0.1, -0.05) is 0 Å². The summed E-state index contributed by atoms with van der Waals surface area (Å²) in [6, 6.07) is 0. The molecule has 0 fully saturated rings. The third-order valence-corrected chi connectivity index (χ3v) is 3.70. The molecule has 0 saturated heterocycles. The highest BCUT2D eigenvalue weighted by molar-refractivity contribution is 7.48. The molecule has 0 radical (unpaired) electrons. The minimum absolute atomic E-state index is 0.273. The molecule has 1 N–H and O–H groups in total. The molecule has 0 rings (SSSR count). The van der Waals surface area contributed by atoms with Gasteiger partial charge in [-0.2, -0.15) is 0 Å². The van der Waals surface area contributed by atoms with E-state index in [4.69, 9.17) is 18.7 Å². The molecule has 0 saturated carbocycles. The van der Waals surface area contributed by atoms with Crippen molar-refractivity contribution in [3.05, 3.63) is 0 Å². The van der Waals surface area contributed by atoms with Gasteiger partial charge in [-0.3, -0.25) is 18.4 Å². The summed E-state index contributed by atoms with van der Waals surface area (Å²) in [5.74, 6) is -1.04. The second kappa shape index (κ2) is 6.35. The van der Waals surface area contributed by atoms with Crippen LogP contribution in [-0.4, -0.2) is 28.4 Å². The Hall–Kier alpha value is -0.420. The van der Waals surface area contributed by atoms with E-state index in [1.165, 1.54) is 6.92 Å². The Morgan fingerprint density at radius 3 is 1.74 bits per heavy atom. The van der Waals surface area contributed by atoms with Crippen LogP contribution in [0.2, 0.25) is 0 Å². The summed E-state index contributed by atoms with van der Waals surface area (Å²) in [5.41, 5.74) is -1.46. The molecule has 0 aliphatic rings. The summed E-state index contributed by atoms with van der Waals surface area (Å²) in [7, 11) is -3.84. The van der Waals surface area contributed by atoms with E-state index in [1.54, 1.807) is 41.5 Å². The zero-order valence-corrected chi connectivity index (χ0v) is 13.6. The molecule has 114 valence electrons. The molecule has 0 amide bonds. The summed E-state index contributed by atoms with van der Waals surface area (Å²) >= 11 is 0. The van der Waals surface area contributed by atoms with Gasteiger partial charge in [0.25, 0.3) is 0 Å². The Kier molecular flexibility index (Phi) is 6.21. The van der Waals surface area contributed by atoms with Crippen LogP contribution in [0.25, 0.3) is 0 Å². The van der Waals surface area contributed by atoms with Crippen molar-refractivity contribution >= 4 is 13.8 Å². The van der Waals surface area contributed by atoms with Gasteiger partial charge in [-0.15, -0.1) is 0 Å². The number of carbonyl (C=O) groups is 1. The first-order valence-electron chi connectivity index (χ1n) is 6.14. The molecule has 0 aliphatic carbocycles. The predicted molar refractivity (Wildman–Crippen MR) is 72.1 cm³/mol. The summed E-state index contributed by atoms with van der Waals surface area (Å²) in [5, 5.41) is 8.69. The number of hydrogen-bond donors (Lipinski definition) is 1. The highest BCUT2D eigenvalue weighted by atomic mass is 31.2. The second-order valence-corrected chi connectivity index (χ2v) is 7.84. The lowest BCUT2D eigenvalue weighted by Crippen LogP contribution is -2.26. The van der Waals surface area contributed by atoms with Gasteiger partial charge in [0.05, 0.1) is 23.7 Å². The number of rotatable bonds is 6. The van der Waals surface area contributed by atoms with E-state index in [0.717, 1.165) is 0 Å². The molecule has 1 atom stereocenters. The number of carboxylic acids is 1. The smallest absolute Gasteiger partial charge is 0.476 e. The molecular formula is C12H25O6P. The van der Waals surface area contributed by atoms with E-state index < -0.39 is 31.1 Å². The lowest BCUT2D eigenvalue weighted by molar-refractivity contribution is -0.138. The van der Waals surface area contributed by atoms with Crippen molar-refractivity contribution < 1.29 is 28.0 Å². The van der Waals surface area contributed by atoms with Crippen molar-refractivity contribution in [3.8, 4) is 0 Å². The van der Waals surface area contributed by atoms with E-state index in [-0.39, 0.29) is 6.42 Å². The standard InChI is InChI=1S/C12H25O6P/c1-9(8-10(13)14)16-19(15,17-11(2,3)4)18-12(5,6)7/h9H,8H2,1-7H3,(H,13,14). The Morgan fingerprint density at radius 2 is 1.47 bits per heavy atom. The molecule has 0 heterocycles. The van der Waals surface area contributed by atoms with Crippen LogP contribution in [0.15, 0.2) is 0 Å². The van der Waals surface area contributed by atoms with Crippen molar-refractivity contribution in [2.45, 2.75) is 72.2 Å². The second-order valence-electron chi connectivity index (χ2n) is 6.37. The first-order chi connectivity index (χ1) is 8.22. The SMILES string of the molecule is CC(CC(=O)O)OP(=O)(OC(C)(C)C)OC(C)(C)C. The fourth-order valence-electron chi connectivity index (χ4n) is 1.24. The maximum atomic E-state index is 12.6. The predicted octanol–water partition coefficient (Wildman–Crippen LogP) is 3.60. The molecule has 1 unspecified atom stereocenters. The van der Waals surface area contributed by atoms with E-state index >= 15 is 0 Å². The number of phosphoric acid groups is 1. The molecular weight excluding hydrogens is 271 g/mol. The van der Waals surface area contributed by atoms with Crippen LogP contribution in [0.4, 0.5) is 0 Å². The first-order valence-corrected chi connectivity index (χ1v) is 7.60. The Labute approximate surface area is 115 Å². The molecule has 0 aromatic heterocycles. The fourth-order valence-corrected chi connectivity index (χ4v) is 3.22. The van der Waals surface area contributed by atoms with Crippen molar-refractivity contribution in [1.82, 2.24) is 0 Å². The lowest BCUT2D eigenvalue weighted by Gasteiger charge is -2.32. The lowest BCUT2D eigenvalue weighted by atomic mass is 10.2. The number of phosphoric ester groups is 1. The topological polar surface area (TPSA) is 82.1 Å². The zero-order valence-electron chi connectivity index (χ0n) is 12.7. The Morgan fingerprint density at radius 1 is 1.11 bits per heavy atom. The van der Waals surface area contributed by atoms with Crippen molar-refractivity contribution in [3.63, 3.8) is 0 Å². The fraction of sp³-hybridized carbons (Fsp3) is 0.917. The van der Waals surface area contributed by atoms with Crippen molar-refractivity contribution in [2.75, 3.05) is 0 Å². The van der Waals surface area contributed by atoms with Crippen LogP contribution in [-0.2, 0) is 22.9 Å². The first kappa shape index (κ1) is 18.6. The maximum Gasteiger partial charge on any atom is 0.476 e. The Bertz CT molecular complexity index is 332. The van der Waals surface area contributed by atoms with Crippen LogP contribution in [0.5, 0.6) is 0 Å². The maximum absolute atomic E-state index is 12.6. The minimum atomic E-state index is -3.84. The quantitative estimate of drug-likeness (QED) is 0.754. The third kappa shape index (κ3) is 10.1. The minimum Gasteiger partial charge on any atom is -0.481 e. The molecule has 19 heavy (non-hydrogen) atoms. The van der Waals surface area contributed by atoms with Crippen LogP contribution >= 0.6 is 7.82 Å². The van der Waals surface area contributed by atoms with Gasteiger partial charge in [-0.25, -0.2) is 4.57 Å². The molecule has 7 heteroatoms. The highest BCUT2D eigenvalue weighted by Gasteiger charge is 2.38. The molecule has 0 aromatic rings. The molecule has 0 bridgehead atoms. The van der Waals surface area contributed by atoms with Gasteiger partial charge in [0.15, 0.2) is 0 Å². The molecule has 0 aromatic carbocycles. The average molecular weight is 296 g/mol. The van der Waals surface area contributed by atoms with Crippen LogP contribution in [0.1, 0.15) is 54.9 Å². The summed E-state index contributed by atoms with van der Waals surface area (Å²) in [6.07, 6.45) is -1.04. The van der Waals surface area contributed by atoms with E-state index in [9.17, 15) is 9.36 Å². The normalized spacial score (nSPS) is 15.3. The zero-order chi connectivity index (χ0) is 15.5. The number of carboxylic acid groups (broad SMARTS) is 1. The molecule has 0 spiro atoms. The van der Waals surface area contributed by atoms with Gasteiger partial charge >= 0.3 is 13.8 Å². The van der Waals surface area contributed by atoms with E-state index in [2.05, 4.69) is 0 Å². The van der Waals surface area contributed by atoms with Gasteiger partial charge in [-0.05, 0) is 48.5 Å². The summed E-state index contributed by atoms with van der Waals surface area (Å²) < 4.78 is 28.6. The number of hydrogen-bond acceptors (Lipinski definition) is 5. The molecule has 6 nitrogen and oxygen atoms in total. The monoisotopic (exact) mass is 296 g/mol. The van der Waals surface area contributed by atoms with Gasteiger partial charge in [0, 0.05) is 0 Å². The highest BCUT2D eigenvalue weighted by Crippen LogP contribution is 2.56. The van der Waals surface area contributed by atoms with E-state index in [0.29, 0.717) is 0 Å². The van der Waals surface area contributed by atoms with Crippen LogP contribution < -0.4 is 0 Å². The Balaban J connectivity index is 4.96. The summed E-state index contributed by atoms with van der Waals surface area (Å²) in [4.78, 5) is 10.6. The van der Waals surface area contributed by atoms with Crippen LogP contribution in [0.3, 0.4) is 0 Å². The van der Waals surface area contributed by atoms with Crippen molar-refractivity contribution in [2.24, 2.45) is 0 Å².